The van der Waals surface area contributed by atoms with Crippen LogP contribution in [0, 0.1) is 17.9 Å². The normalized spacial score (nSPS) is 12.7. The van der Waals surface area contributed by atoms with E-state index >= 15 is 4.39 Å². The number of aryl methyl sites for hydroxylation is 1. The highest BCUT2D eigenvalue weighted by atomic mass is 32.1. The molecule has 5 aromatic rings. The Morgan fingerprint density at radius 3 is 2.74 bits per heavy atom. The summed E-state index contributed by atoms with van der Waals surface area (Å²) in [5, 5.41) is 6.93. The molecule has 2 aromatic carbocycles. The third kappa shape index (κ3) is 4.12. The number of nitrogens with zero attached hydrogens (tertiary/aromatic N) is 3. The Morgan fingerprint density at radius 1 is 1.11 bits per heavy atom. The molecule has 3 aromatic heterocycles. The summed E-state index contributed by atoms with van der Waals surface area (Å²) in [6, 6.07) is 12.3. The van der Waals surface area contributed by atoms with Crippen molar-refractivity contribution in [3.05, 3.63) is 88.3 Å². The molecule has 4 heterocycles. The summed E-state index contributed by atoms with van der Waals surface area (Å²) in [5.41, 5.74) is 8.93. The van der Waals surface area contributed by atoms with E-state index in [4.69, 9.17) is 4.98 Å². The number of benzene rings is 2. The van der Waals surface area contributed by atoms with Gasteiger partial charge in [-0.3, -0.25) is 9.78 Å². The van der Waals surface area contributed by atoms with Crippen molar-refractivity contribution >= 4 is 39.7 Å². The largest absolute Gasteiger partial charge is 0.336 e. The average Bonchev–Trinajstić information content (AvgIpc) is 3.56. The molecule has 10 heteroatoms. The van der Waals surface area contributed by atoms with Crippen LogP contribution in [0.1, 0.15) is 35.9 Å². The number of imidazole rings is 1. The van der Waals surface area contributed by atoms with Crippen LogP contribution in [0.2, 0.25) is 0 Å². The van der Waals surface area contributed by atoms with Gasteiger partial charge in [0.1, 0.15) is 11.5 Å². The Morgan fingerprint density at radius 2 is 1.95 bits per heavy atom. The Kier molecular flexibility index (Phi) is 5.96. The van der Waals surface area contributed by atoms with Gasteiger partial charge in [-0.05, 0) is 36.2 Å². The first-order valence-electron chi connectivity index (χ1n) is 12.1. The fourth-order valence-corrected chi connectivity index (χ4v) is 5.34. The zero-order valence-electron chi connectivity index (χ0n) is 20.5. The van der Waals surface area contributed by atoms with Crippen LogP contribution < -0.4 is 10.7 Å². The number of hydrazone groups is 1. The van der Waals surface area contributed by atoms with Gasteiger partial charge in [-0.25, -0.2) is 9.37 Å². The number of anilines is 1. The number of hydrogen-bond donors (Lipinski definition) is 3. The molecule has 0 aliphatic carbocycles. The van der Waals surface area contributed by atoms with Crippen molar-refractivity contribution in [1.29, 1.82) is 0 Å². The lowest BCUT2D eigenvalue weighted by Gasteiger charge is -2.19. The minimum atomic E-state index is -0.457. The summed E-state index contributed by atoms with van der Waals surface area (Å²) in [7, 11) is 0. The van der Waals surface area contributed by atoms with Crippen LogP contribution in [0.3, 0.4) is 0 Å². The molecule has 1 aliphatic rings. The van der Waals surface area contributed by atoms with Crippen molar-refractivity contribution in [2.75, 3.05) is 5.32 Å². The highest BCUT2D eigenvalue weighted by molar-refractivity contribution is 7.14. The van der Waals surface area contributed by atoms with Gasteiger partial charge in [-0.1, -0.05) is 31.2 Å². The van der Waals surface area contributed by atoms with Crippen LogP contribution in [-0.4, -0.2) is 26.6 Å². The quantitative estimate of drug-likeness (QED) is 0.255. The van der Waals surface area contributed by atoms with E-state index in [0.29, 0.717) is 52.4 Å². The van der Waals surface area contributed by atoms with E-state index < -0.39 is 5.82 Å². The second-order valence-corrected chi connectivity index (χ2v) is 10.00. The number of carbonyl (C=O) groups is 1. The molecule has 190 valence electrons. The number of thiophene rings is 1. The van der Waals surface area contributed by atoms with Gasteiger partial charge in [-0.15, -0.1) is 11.3 Å². The zero-order chi connectivity index (χ0) is 26.4. The predicted octanol–water partition coefficient (Wildman–Crippen LogP) is 6.14. The van der Waals surface area contributed by atoms with Crippen LogP contribution in [0.15, 0.2) is 60.0 Å². The maximum atomic E-state index is 16.2. The van der Waals surface area contributed by atoms with Crippen molar-refractivity contribution in [1.82, 2.24) is 20.4 Å². The number of carbonyl (C=O) groups excluding carboxylic acids is 1. The van der Waals surface area contributed by atoms with Gasteiger partial charge in [0.05, 0.1) is 29.5 Å². The van der Waals surface area contributed by atoms with Gasteiger partial charge in [0.15, 0.2) is 11.0 Å². The fourth-order valence-electron chi connectivity index (χ4n) is 4.58. The Labute approximate surface area is 220 Å². The topological polar surface area (TPSA) is 95.1 Å². The lowest BCUT2D eigenvalue weighted by Crippen LogP contribution is -2.24. The number of H-pyrrole nitrogens is 1. The van der Waals surface area contributed by atoms with Gasteiger partial charge in [0.2, 0.25) is 5.91 Å². The summed E-state index contributed by atoms with van der Waals surface area (Å²) in [4.78, 5) is 24.9. The number of hydrogen-bond acceptors (Lipinski definition) is 6. The van der Waals surface area contributed by atoms with E-state index in [-0.39, 0.29) is 11.0 Å². The molecule has 0 saturated heterocycles. The molecule has 1 aliphatic heterocycles. The Hall–Kier alpha value is -4.44. The monoisotopic (exact) mass is 528 g/mol. The molecule has 1 amide bonds. The number of aromatic amines is 1. The number of nitrogens with one attached hydrogen (secondary N) is 3. The van der Waals surface area contributed by atoms with E-state index in [1.165, 1.54) is 12.3 Å². The van der Waals surface area contributed by atoms with E-state index in [1.807, 2.05) is 25.1 Å². The van der Waals surface area contributed by atoms with Crippen LogP contribution in [0.4, 0.5) is 14.5 Å². The standard InChI is InChI=1S/C28H22F2N6OS/c1-3-22(37)33-17-10-16(11-31-13-17)18-7-5-15-12-32-36-27(23(15)24(18)30)28-34-25-14(2)4-6-19(26(25)35-28)20-8-9-21(29)38-20/h4-11,13,32H,3,12H2,1-2H3,(H,33,37)(H,34,35). The first-order chi connectivity index (χ1) is 18.4. The van der Waals surface area contributed by atoms with Gasteiger partial charge < -0.3 is 15.7 Å². The molecule has 0 fully saturated rings. The maximum Gasteiger partial charge on any atom is 0.224 e. The van der Waals surface area contributed by atoms with Gasteiger partial charge in [-0.2, -0.15) is 9.49 Å². The summed E-state index contributed by atoms with van der Waals surface area (Å²) < 4.78 is 30.0. The number of rotatable bonds is 5. The molecule has 7 nitrogen and oxygen atoms in total. The summed E-state index contributed by atoms with van der Waals surface area (Å²) in [6.07, 6.45) is 3.41. The lowest BCUT2D eigenvalue weighted by atomic mass is 9.94. The highest BCUT2D eigenvalue weighted by Gasteiger charge is 2.26. The van der Waals surface area contributed by atoms with Crippen molar-refractivity contribution in [2.45, 2.75) is 26.8 Å². The van der Waals surface area contributed by atoms with E-state index in [2.05, 4.69) is 25.8 Å². The molecule has 0 atom stereocenters. The maximum absolute atomic E-state index is 16.2. The zero-order valence-corrected chi connectivity index (χ0v) is 21.3. The molecule has 3 N–H and O–H groups in total. The SMILES string of the molecule is CCC(=O)Nc1cncc(-c2ccc3c(c2F)C(c2nc4c(C)ccc(-c5ccc(F)s5)c4[nH]2)=NNC3)c1. The minimum absolute atomic E-state index is 0.153. The molecule has 0 spiro atoms. The van der Waals surface area contributed by atoms with Gasteiger partial charge >= 0.3 is 0 Å². The van der Waals surface area contributed by atoms with E-state index in [1.54, 1.807) is 31.3 Å². The van der Waals surface area contributed by atoms with Gasteiger partial charge in [0, 0.05) is 39.7 Å². The molecular weight excluding hydrogens is 506 g/mol. The Balaban J connectivity index is 1.46. The lowest BCUT2D eigenvalue weighted by molar-refractivity contribution is -0.115. The predicted molar refractivity (Wildman–Crippen MR) is 145 cm³/mol. The second kappa shape index (κ2) is 9.46. The number of fused-ring (bicyclic) bond motifs is 2. The summed E-state index contributed by atoms with van der Waals surface area (Å²) >= 11 is 1.05. The Bertz CT molecular complexity index is 1760. The summed E-state index contributed by atoms with van der Waals surface area (Å²) in [6.45, 7) is 4.06. The molecule has 0 bridgehead atoms. The third-order valence-electron chi connectivity index (χ3n) is 6.49. The second-order valence-electron chi connectivity index (χ2n) is 8.96. The van der Waals surface area contributed by atoms with Gasteiger partial charge in [0.25, 0.3) is 0 Å². The number of aromatic nitrogens is 3. The number of amides is 1. The van der Waals surface area contributed by atoms with Crippen LogP contribution in [-0.2, 0) is 11.3 Å². The smallest absolute Gasteiger partial charge is 0.224 e. The molecule has 0 radical (unpaired) electrons. The minimum Gasteiger partial charge on any atom is -0.336 e. The first-order valence-corrected chi connectivity index (χ1v) is 12.9. The fraction of sp³-hybridized carbons (Fsp3) is 0.143. The molecular formula is C28H22F2N6OS. The van der Waals surface area contributed by atoms with E-state index in [9.17, 15) is 9.18 Å². The summed E-state index contributed by atoms with van der Waals surface area (Å²) in [5.74, 6) is -0.208. The molecule has 6 rings (SSSR count). The number of halogens is 2. The van der Waals surface area contributed by atoms with Crippen LogP contribution >= 0.6 is 11.3 Å². The third-order valence-corrected chi connectivity index (χ3v) is 7.40. The number of pyridine rings is 1. The van der Waals surface area contributed by atoms with Crippen LogP contribution in [0.25, 0.3) is 32.6 Å². The van der Waals surface area contributed by atoms with E-state index in [0.717, 1.165) is 38.4 Å². The highest BCUT2D eigenvalue weighted by Crippen LogP contribution is 2.35. The van der Waals surface area contributed by atoms with Crippen molar-refractivity contribution in [2.24, 2.45) is 5.10 Å². The molecule has 38 heavy (non-hydrogen) atoms. The average molecular weight is 529 g/mol. The van der Waals surface area contributed by atoms with Crippen molar-refractivity contribution < 1.29 is 13.6 Å². The van der Waals surface area contributed by atoms with Crippen molar-refractivity contribution in [3.8, 4) is 21.6 Å². The first kappa shape index (κ1) is 23.9. The van der Waals surface area contributed by atoms with Crippen LogP contribution in [0.5, 0.6) is 0 Å². The van der Waals surface area contributed by atoms with Crippen molar-refractivity contribution in [3.63, 3.8) is 0 Å². The molecule has 0 unspecified atom stereocenters. The molecule has 0 saturated carbocycles.